The minimum atomic E-state index is -3.07. The third-order valence-corrected chi connectivity index (χ3v) is 17.5. The van der Waals surface area contributed by atoms with E-state index in [1.54, 1.807) is 0 Å². The van der Waals surface area contributed by atoms with Crippen LogP contribution in [0.5, 0.6) is 0 Å². The fourth-order valence-corrected chi connectivity index (χ4v) is 12.4. The van der Waals surface area contributed by atoms with Crippen molar-refractivity contribution in [1.82, 2.24) is 0 Å². The van der Waals surface area contributed by atoms with Gasteiger partial charge in [0.05, 0.1) is 0 Å². The second-order valence-corrected chi connectivity index (χ2v) is 23.4. The summed E-state index contributed by atoms with van der Waals surface area (Å²) in [5, 5.41) is 2.77. The van der Waals surface area contributed by atoms with Crippen molar-refractivity contribution in [1.29, 1.82) is 0 Å². The summed E-state index contributed by atoms with van der Waals surface area (Å²) in [5.74, 6) is 0. The highest BCUT2D eigenvalue weighted by molar-refractivity contribution is 7.85. The summed E-state index contributed by atoms with van der Waals surface area (Å²) in [7, 11) is -3.07. The minimum Gasteiger partial charge on any atom is -0.309 e. The first kappa shape index (κ1) is 59.4. The van der Waals surface area contributed by atoms with Crippen LogP contribution in [0.25, 0.3) is 0 Å². The first-order chi connectivity index (χ1) is 33.6. The lowest BCUT2D eigenvalue weighted by molar-refractivity contribution is 0.550. The van der Waals surface area contributed by atoms with Crippen molar-refractivity contribution in [2.75, 3.05) is 0 Å². The Morgan fingerprint density at radius 1 is 0.265 bits per heavy atom. The average molecular weight is 946 g/mol. The number of hydrogen-bond donors (Lipinski definition) is 0. The molecule has 0 aromatic heterocycles. The van der Waals surface area contributed by atoms with Gasteiger partial charge in [-0.2, -0.15) is 0 Å². The number of benzene rings is 3. The quantitative estimate of drug-likeness (QED) is 0.0313. The molecule has 0 fully saturated rings. The van der Waals surface area contributed by atoms with E-state index < -0.39 is 7.14 Å². The Morgan fingerprint density at radius 2 is 0.456 bits per heavy atom. The van der Waals surface area contributed by atoms with Crippen molar-refractivity contribution in [2.24, 2.45) is 0 Å². The highest BCUT2D eigenvalue weighted by Gasteiger charge is 2.29. The summed E-state index contributed by atoms with van der Waals surface area (Å²) in [4.78, 5) is 0. The van der Waals surface area contributed by atoms with Gasteiger partial charge in [0.25, 0.3) is 0 Å². The maximum atomic E-state index is 15.6. The van der Waals surface area contributed by atoms with Crippen LogP contribution in [0.3, 0.4) is 0 Å². The molecule has 0 bridgehead atoms. The topological polar surface area (TPSA) is 17.1 Å². The van der Waals surface area contributed by atoms with E-state index in [-0.39, 0.29) is 0 Å². The van der Waals surface area contributed by atoms with Crippen molar-refractivity contribution in [3.63, 3.8) is 0 Å². The molecule has 0 aliphatic rings. The van der Waals surface area contributed by atoms with Gasteiger partial charge < -0.3 is 4.57 Å². The van der Waals surface area contributed by atoms with Crippen LogP contribution in [-0.4, -0.2) is 0 Å². The van der Waals surface area contributed by atoms with Crippen LogP contribution in [0.2, 0.25) is 0 Å². The van der Waals surface area contributed by atoms with Crippen molar-refractivity contribution in [3.8, 4) is 0 Å². The van der Waals surface area contributed by atoms with Crippen molar-refractivity contribution in [2.45, 2.75) is 271 Å². The SMILES string of the molecule is CCCCCCCCCCCCCC=CCc1ccc(P(=O)(c2ccc(CC=CCCCCCCCCCCCCC)cc2)c2ccc(CC=CCCCCCCCCCCCCC)cc2)cc1. The molecule has 0 spiro atoms. The predicted molar refractivity (Wildman–Crippen MR) is 308 cm³/mol. The Kier molecular flexibility index (Phi) is 36.6. The molecule has 1 nitrogen and oxygen atoms in total. The van der Waals surface area contributed by atoms with Crippen LogP contribution >= 0.6 is 7.14 Å². The zero-order chi connectivity index (χ0) is 48.3. The zero-order valence-corrected chi connectivity index (χ0v) is 45.7. The predicted octanol–water partition coefficient (Wildman–Crippen LogP) is 20.7. The van der Waals surface area contributed by atoms with Gasteiger partial charge in [-0.05, 0) is 74.5 Å². The number of unbranched alkanes of at least 4 members (excludes halogenated alkanes) is 33. The molecule has 0 N–H and O–H groups in total. The molecular formula is C66H105OP. The van der Waals surface area contributed by atoms with Crippen LogP contribution < -0.4 is 15.9 Å². The Labute approximate surface area is 422 Å². The fraction of sp³-hybridized carbons (Fsp3) is 0.636. The van der Waals surface area contributed by atoms with Crippen molar-refractivity contribution in [3.05, 3.63) is 126 Å². The highest BCUT2D eigenvalue weighted by atomic mass is 31.2. The second-order valence-electron chi connectivity index (χ2n) is 20.6. The second kappa shape index (κ2) is 41.9. The molecule has 0 radical (unpaired) electrons. The van der Waals surface area contributed by atoms with Crippen LogP contribution in [0.4, 0.5) is 0 Å². The monoisotopic (exact) mass is 945 g/mol. The summed E-state index contributed by atoms with van der Waals surface area (Å²) in [6.07, 6.45) is 66.2. The summed E-state index contributed by atoms with van der Waals surface area (Å²) in [5.41, 5.74) is 3.84. The Hall–Kier alpha value is -2.89. The molecule has 3 aromatic rings. The van der Waals surface area contributed by atoms with Gasteiger partial charge in [0, 0.05) is 15.9 Å². The lowest BCUT2D eigenvalue weighted by Gasteiger charge is -2.21. The highest BCUT2D eigenvalue weighted by Crippen LogP contribution is 2.42. The lowest BCUT2D eigenvalue weighted by Crippen LogP contribution is -2.25. The summed E-state index contributed by atoms with van der Waals surface area (Å²) in [6, 6.07) is 26.1. The van der Waals surface area contributed by atoms with E-state index in [1.165, 1.54) is 248 Å². The van der Waals surface area contributed by atoms with E-state index in [1.807, 2.05) is 0 Å². The molecule has 0 heterocycles. The lowest BCUT2D eigenvalue weighted by atomic mass is 10.1. The van der Waals surface area contributed by atoms with Gasteiger partial charge in [-0.25, -0.2) is 0 Å². The van der Waals surface area contributed by atoms with Gasteiger partial charge in [0.15, 0.2) is 7.14 Å². The average Bonchev–Trinajstić information content (AvgIpc) is 3.37. The molecule has 0 unspecified atom stereocenters. The maximum absolute atomic E-state index is 15.6. The summed E-state index contributed by atoms with van der Waals surface area (Å²) < 4.78 is 15.6. The van der Waals surface area contributed by atoms with Crippen LogP contribution in [0.1, 0.15) is 269 Å². The van der Waals surface area contributed by atoms with E-state index in [2.05, 4.69) is 130 Å². The third-order valence-electron chi connectivity index (χ3n) is 14.4. The Morgan fingerprint density at radius 3 is 0.662 bits per heavy atom. The van der Waals surface area contributed by atoms with Crippen molar-refractivity contribution >= 4 is 23.1 Å². The van der Waals surface area contributed by atoms with E-state index in [0.717, 1.165) is 35.2 Å². The van der Waals surface area contributed by atoms with Crippen LogP contribution in [0.15, 0.2) is 109 Å². The maximum Gasteiger partial charge on any atom is 0.171 e. The van der Waals surface area contributed by atoms with Gasteiger partial charge in [-0.1, -0.05) is 323 Å². The van der Waals surface area contributed by atoms with Gasteiger partial charge >= 0.3 is 0 Å². The van der Waals surface area contributed by atoms with Gasteiger partial charge in [-0.3, -0.25) is 0 Å². The number of rotatable bonds is 45. The molecule has 0 saturated carbocycles. The molecule has 2 heteroatoms. The van der Waals surface area contributed by atoms with E-state index >= 15 is 4.57 Å². The van der Waals surface area contributed by atoms with Gasteiger partial charge in [0.1, 0.15) is 0 Å². The van der Waals surface area contributed by atoms with E-state index in [9.17, 15) is 0 Å². The molecule has 0 aliphatic carbocycles. The Bertz CT molecular complexity index is 1510. The fourth-order valence-electron chi connectivity index (χ4n) is 9.76. The van der Waals surface area contributed by atoms with Gasteiger partial charge in [0.2, 0.25) is 0 Å². The summed E-state index contributed by atoms with van der Waals surface area (Å²) in [6.45, 7) is 6.89. The minimum absolute atomic E-state index is 0.922. The first-order valence-corrected chi connectivity index (χ1v) is 31.2. The van der Waals surface area contributed by atoms with E-state index in [0.29, 0.717) is 0 Å². The molecular weight excluding hydrogens is 840 g/mol. The molecule has 0 saturated heterocycles. The van der Waals surface area contributed by atoms with Crippen LogP contribution in [0, 0.1) is 0 Å². The standard InChI is InChI=1S/C66H105OP/c1-4-7-10-13-16-19-22-25-28-31-34-37-40-43-46-61-49-55-64(56-50-61)68(67,65-57-51-62(52-58-65)47-44-41-38-35-32-29-26-23-20-17-14-11-8-5-2)66-59-53-63(54-60-66)48-45-42-39-36-33-30-27-24-21-18-15-12-9-6-3/h40-45,49-60H,4-39,46-48H2,1-3H3. The molecule has 68 heavy (non-hydrogen) atoms. The Balaban J connectivity index is 1.51. The molecule has 0 amide bonds. The van der Waals surface area contributed by atoms with Crippen molar-refractivity contribution < 1.29 is 4.57 Å². The first-order valence-electron chi connectivity index (χ1n) is 29.4. The van der Waals surface area contributed by atoms with E-state index in [4.69, 9.17) is 0 Å². The molecule has 3 rings (SSSR count). The van der Waals surface area contributed by atoms with Crippen LogP contribution in [-0.2, 0) is 23.8 Å². The normalized spacial score (nSPS) is 12.9. The number of hydrogen-bond acceptors (Lipinski definition) is 1. The van der Waals surface area contributed by atoms with Gasteiger partial charge in [-0.15, -0.1) is 0 Å². The molecule has 380 valence electrons. The third kappa shape index (κ3) is 28.1. The zero-order valence-electron chi connectivity index (χ0n) is 44.8. The number of allylic oxidation sites excluding steroid dienone is 6. The molecule has 0 aliphatic heterocycles. The largest absolute Gasteiger partial charge is 0.309 e. The summed E-state index contributed by atoms with van der Waals surface area (Å²) >= 11 is 0. The molecule has 0 atom stereocenters. The molecule has 3 aromatic carbocycles. The smallest absolute Gasteiger partial charge is 0.171 e.